The summed E-state index contributed by atoms with van der Waals surface area (Å²) in [6.07, 6.45) is 2.51. The van der Waals surface area contributed by atoms with Crippen molar-refractivity contribution in [3.63, 3.8) is 0 Å². The highest BCUT2D eigenvalue weighted by molar-refractivity contribution is 7.88. The smallest absolute Gasteiger partial charge is 0.407 e. The number of rotatable bonds is 3. The van der Waals surface area contributed by atoms with Gasteiger partial charge in [0.25, 0.3) is 0 Å². The number of carbonyl (C=O) groups excluding carboxylic acids is 1. The predicted molar refractivity (Wildman–Crippen MR) is 73.4 cm³/mol. The summed E-state index contributed by atoms with van der Waals surface area (Å²) in [5.41, 5.74) is -0.518. The Hall–Kier alpha value is -0.820. The number of alkyl carbamates (subject to hydrolysis) is 1. The van der Waals surface area contributed by atoms with Crippen LogP contribution in [0.25, 0.3) is 0 Å². The van der Waals surface area contributed by atoms with Crippen LogP contribution < -0.4 is 5.32 Å². The average Bonchev–Trinajstić information content (AvgIpc) is 2.23. The topological polar surface area (TPSA) is 75.7 Å². The van der Waals surface area contributed by atoms with Crippen molar-refractivity contribution < 1.29 is 17.9 Å². The number of nitrogens with zero attached hydrogens (tertiary/aromatic N) is 1. The third-order valence-corrected chi connectivity index (χ3v) is 4.15. The number of amides is 1. The maximum atomic E-state index is 11.5. The van der Waals surface area contributed by atoms with E-state index >= 15 is 0 Å². The van der Waals surface area contributed by atoms with Crippen LogP contribution >= 0.6 is 0 Å². The lowest BCUT2D eigenvalue weighted by Crippen LogP contribution is -2.44. The van der Waals surface area contributed by atoms with Crippen molar-refractivity contribution in [3.8, 4) is 0 Å². The standard InChI is InChI=1S/C12H24N2O4S/c1-12(2,3)18-11(15)13-8-10-6-5-7-14(9-10)19(4,16)17/h10H,5-9H2,1-4H3,(H,13,15)/t10-/m1/s1. The Morgan fingerprint density at radius 3 is 2.58 bits per heavy atom. The molecule has 0 saturated carbocycles. The van der Waals surface area contributed by atoms with E-state index in [4.69, 9.17) is 4.74 Å². The molecule has 1 aliphatic heterocycles. The number of hydrogen-bond donors (Lipinski definition) is 1. The van der Waals surface area contributed by atoms with Gasteiger partial charge >= 0.3 is 6.09 Å². The monoisotopic (exact) mass is 292 g/mol. The van der Waals surface area contributed by atoms with Crippen LogP contribution in [0.5, 0.6) is 0 Å². The molecule has 1 fully saturated rings. The molecule has 1 N–H and O–H groups in total. The normalized spacial score (nSPS) is 22.0. The van der Waals surface area contributed by atoms with E-state index in [0.717, 1.165) is 12.8 Å². The molecule has 112 valence electrons. The van der Waals surface area contributed by atoms with E-state index in [9.17, 15) is 13.2 Å². The molecule has 1 atom stereocenters. The Morgan fingerprint density at radius 1 is 1.42 bits per heavy atom. The van der Waals surface area contributed by atoms with Crippen LogP contribution in [0.1, 0.15) is 33.6 Å². The van der Waals surface area contributed by atoms with Gasteiger partial charge in [-0.15, -0.1) is 0 Å². The SMILES string of the molecule is CC(C)(C)OC(=O)NC[C@H]1CCCN(S(C)(=O)=O)C1. The number of piperidine rings is 1. The summed E-state index contributed by atoms with van der Waals surface area (Å²) in [6, 6.07) is 0. The molecule has 0 aromatic carbocycles. The second-order valence-electron chi connectivity index (χ2n) is 6.01. The van der Waals surface area contributed by atoms with Gasteiger partial charge in [0.1, 0.15) is 5.60 Å². The molecule has 1 saturated heterocycles. The largest absolute Gasteiger partial charge is 0.444 e. The number of nitrogens with one attached hydrogen (secondary N) is 1. The second kappa shape index (κ2) is 6.09. The van der Waals surface area contributed by atoms with Crippen LogP contribution in [-0.2, 0) is 14.8 Å². The van der Waals surface area contributed by atoms with E-state index in [1.807, 2.05) is 0 Å². The molecule has 0 aromatic heterocycles. The predicted octanol–water partition coefficient (Wildman–Crippen LogP) is 1.18. The van der Waals surface area contributed by atoms with Gasteiger partial charge in [0.15, 0.2) is 0 Å². The molecule has 0 bridgehead atoms. The minimum atomic E-state index is -3.14. The first-order chi connectivity index (χ1) is 8.58. The van der Waals surface area contributed by atoms with Crippen molar-refractivity contribution in [2.75, 3.05) is 25.9 Å². The summed E-state index contributed by atoms with van der Waals surface area (Å²) < 4.78 is 29.6. The van der Waals surface area contributed by atoms with Gasteiger partial charge in [-0.25, -0.2) is 17.5 Å². The van der Waals surface area contributed by atoms with E-state index in [1.165, 1.54) is 10.6 Å². The molecular weight excluding hydrogens is 268 g/mol. The fourth-order valence-corrected chi connectivity index (χ4v) is 2.98. The molecule has 7 heteroatoms. The number of ether oxygens (including phenoxy) is 1. The summed E-state index contributed by atoms with van der Waals surface area (Å²) in [5, 5.41) is 2.70. The van der Waals surface area contributed by atoms with Crippen LogP contribution in [0.15, 0.2) is 0 Å². The Morgan fingerprint density at radius 2 is 2.05 bits per heavy atom. The lowest BCUT2D eigenvalue weighted by molar-refractivity contribution is 0.0513. The molecule has 0 aromatic rings. The van der Waals surface area contributed by atoms with Gasteiger partial charge in [0.2, 0.25) is 10.0 Å². The molecule has 1 heterocycles. The van der Waals surface area contributed by atoms with Crippen molar-refractivity contribution in [1.29, 1.82) is 0 Å². The molecule has 0 radical (unpaired) electrons. The van der Waals surface area contributed by atoms with E-state index in [-0.39, 0.29) is 5.92 Å². The molecule has 1 aliphatic rings. The minimum Gasteiger partial charge on any atom is -0.444 e. The van der Waals surface area contributed by atoms with E-state index in [0.29, 0.717) is 19.6 Å². The quantitative estimate of drug-likeness (QED) is 0.847. The van der Waals surface area contributed by atoms with Gasteiger partial charge in [-0.2, -0.15) is 0 Å². The van der Waals surface area contributed by atoms with Crippen LogP contribution in [0.4, 0.5) is 4.79 Å². The molecule has 0 spiro atoms. The number of carbonyl (C=O) groups is 1. The zero-order chi connectivity index (χ0) is 14.7. The Balaban J connectivity index is 2.40. The lowest BCUT2D eigenvalue weighted by atomic mass is 10.00. The van der Waals surface area contributed by atoms with E-state index < -0.39 is 21.7 Å². The summed E-state index contributed by atoms with van der Waals surface area (Å²) in [5.74, 6) is 0.149. The van der Waals surface area contributed by atoms with Gasteiger partial charge in [0, 0.05) is 19.6 Å². The molecular formula is C12H24N2O4S. The maximum absolute atomic E-state index is 11.5. The lowest BCUT2D eigenvalue weighted by Gasteiger charge is -2.31. The van der Waals surface area contributed by atoms with Crippen molar-refractivity contribution in [3.05, 3.63) is 0 Å². The van der Waals surface area contributed by atoms with Gasteiger partial charge in [0.05, 0.1) is 6.26 Å². The molecule has 0 unspecified atom stereocenters. The fourth-order valence-electron chi connectivity index (χ4n) is 2.04. The summed E-state index contributed by atoms with van der Waals surface area (Å²) in [4.78, 5) is 11.5. The first-order valence-corrected chi connectivity index (χ1v) is 8.35. The van der Waals surface area contributed by atoms with Crippen molar-refractivity contribution >= 4 is 16.1 Å². The highest BCUT2D eigenvalue weighted by atomic mass is 32.2. The zero-order valence-electron chi connectivity index (χ0n) is 12.1. The third-order valence-electron chi connectivity index (χ3n) is 2.88. The van der Waals surface area contributed by atoms with Crippen molar-refractivity contribution in [1.82, 2.24) is 9.62 Å². The third kappa shape index (κ3) is 6.24. The van der Waals surface area contributed by atoms with Crippen LogP contribution in [0, 0.1) is 5.92 Å². The molecule has 1 amide bonds. The average molecular weight is 292 g/mol. The van der Waals surface area contributed by atoms with Gasteiger partial charge in [-0.1, -0.05) is 0 Å². The maximum Gasteiger partial charge on any atom is 0.407 e. The van der Waals surface area contributed by atoms with Gasteiger partial charge in [-0.3, -0.25) is 0 Å². The summed E-state index contributed by atoms with van der Waals surface area (Å²) in [7, 11) is -3.14. The Bertz CT molecular complexity index is 414. The zero-order valence-corrected chi connectivity index (χ0v) is 12.9. The first kappa shape index (κ1) is 16.2. The minimum absolute atomic E-state index is 0.149. The number of hydrogen-bond acceptors (Lipinski definition) is 4. The highest BCUT2D eigenvalue weighted by Gasteiger charge is 2.26. The van der Waals surface area contributed by atoms with E-state index in [1.54, 1.807) is 20.8 Å². The van der Waals surface area contributed by atoms with Gasteiger partial charge < -0.3 is 10.1 Å². The second-order valence-corrected chi connectivity index (χ2v) is 7.99. The van der Waals surface area contributed by atoms with Crippen molar-refractivity contribution in [2.24, 2.45) is 5.92 Å². The van der Waals surface area contributed by atoms with Crippen molar-refractivity contribution in [2.45, 2.75) is 39.2 Å². The molecule has 0 aliphatic carbocycles. The van der Waals surface area contributed by atoms with Crippen LogP contribution in [0.2, 0.25) is 0 Å². The summed E-state index contributed by atoms with van der Waals surface area (Å²) >= 11 is 0. The molecule has 6 nitrogen and oxygen atoms in total. The van der Waals surface area contributed by atoms with E-state index in [2.05, 4.69) is 5.32 Å². The van der Waals surface area contributed by atoms with Gasteiger partial charge in [-0.05, 0) is 39.5 Å². The Labute approximate surface area is 115 Å². The first-order valence-electron chi connectivity index (χ1n) is 6.50. The Kier molecular flexibility index (Phi) is 5.20. The fraction of sp³-hybridized carbons (Fsp3) is 0.917. The highest BCUT2D eigenvalue weighted by Crippen LogP contribution is 2.18. The van der Waals surface area contributed by atoms with Crippen LogP contribution in [-0.4, -0.2) is 50.3 Å². The number of sulfonamides is 1. The molecule has 1 rings (SSSR count). The molecule has 19 heavy (non-hydrogen) atoms. The van der Waals surface area contributed by atoms with Crippen LogP contribution in [0.3, 0.4) is 0 Å². The summed E-state index contributed by atoms with van der Waals surface area (Å²) in [6.45, 7) is 6.90.